The lowest BCUT2D eigenvalue weighted by Crippen LogP contribution is -2.56. The van der Waals surface area contributed by atoms with Gasteiger partial charge in [-0.25, -0.2) is 8.78 Å². The first-order valence-electron chi connectivity index (χ1n) is 11.7. The number of carbonyl (C=O) groups excluding carboxylic acids is 1. The highest BCUT2D eigenvalue weighted by Crippen LogP contribution is 2.37. The van der Waals surface area contributed by atoms with Crippen molar-refractivity contribution in [2.75, 3.05) is 33.4 Å². The molecule has 0 aliphatic carbocycles. The fraction of sp³-hybridized carbons (Fsp3) is 0.500. The molecule has 3 heterocycles. The van der Waals surface area contributed by atoms with Gasteiger partial charge in [0, 0.05) is 39.2 Å². The van der Waals surface area contributed by atoms with Gasteiger partial charge in [-0.1, -0.05) is 36.4 Å². The molecule has 2 saturated heterocycles. The van der Waals surface area contributed by atoms with E-state index in [0.29, 0.717) is 39.1 Å². The third kappa shape index (κ3) is 4.42. The number of ether oxygens (including phenoxy) is 2. The Hall–Kier alpha value is -2.35. The van der Waals surface area contributed by atoms with Crippen LogP contribution >= 0.6 is 0 Å². The van der Waals surface area contributed by atoms with Gasteiger partial charge in [-0.05, 0) is 41.7 Å². The lowest BCUT2D eigenvalue weighted by atomic mass is 9.87. The van der Waals surface area contributed by atoms with E-state index in [2.05, 4.69) is 11.0 Å². The second-order valence-electron chi connectivity index (χ2n) is 9.21. The summed E-state index contributed by atoms with van der Waals surface area (Å²) in [6.07, 6.45) is 0.107. The lowest BCUT2D eigenvalue weighted by Gasteiger charge is -2.43. The maximum atomic E-state index is 13.9. The summed E-state index contributed by atoms with van der Waals surface area (Å²) in [6, 6.07) is 14.1. The van der Waals surface area contributed by atoms with Gasteiger partial charge >= 0.3 is 0 Å². The van der Waals surface area contributed by atoms with Gasteiger partial charge in [0.15, 0.2) is 0 Å². The summed E-state index contributed by atoms with van der Waals surface area (Å²) in [5, 5.41) is 0. The summed E-state index contributed by atoms with van der Waals surface area (Å²) in [6.45, 7) is 1.91. The molecule has 0 unspecified atom stereocenters. The van der Waals surface area contributed by atoms with Gasteiger partial charge in [0.25, 0.3) is 5.91 Å². The minimum Gasteiger partial charge on any atom is -0.377 e. The van der Waals surface area contributed by atoms with E-state index in [1.165, 1.54) is 17.7 Å². The molecule has 0 N–H and O–H groups in total. The van der Waals surface area contributed by atoms with Crippen molar-refractivity contribution in [1.29, 1.82) is 0 Å². The summed E-state index contributed by atoms with van der Waals surface area (Å²) < 4.78 is 39.2. The predicted octanol–water partition coefficient (Wildman–Crippen LogP) is 3.52. The number of likely N-dealkylation sites (tertiary alicyclic amines) is 1. The lowest BCUT2D eigenvalue weighted by molar-refractivity contribution is -0.162. The second-order valence-corrected chi connectivity index (χ2v) is 9.21. The maximum Gasteiger partial charge on any atom is 0.252 e. The molecule has 0 saturated carbocycles. The van der Waals surface area contributed by atoms with Gasteiger partial charge in [0.1, 0.15) is 18.1 Å². The first kappa shape index (κ1) is 22.4. The molecule has 0 spiro atoms. The Morgan fingerprint density at radius 2 is 1.91 bits per heavy atom. The first-order chi connectivity index (χ1) is 16.0. The van der Waals surface area contributed by atoms with E-state index in [9.17, 15) is 13.6 Å². The van der Waals surface area contributed by atoms with Crippen molar-refractivity contribution in [3.05, 3.63) is 71.0 Å². The van der Waals surface area contributed by atoms with Gasteiger partial charge in [0.05, 0.1) is 18.8 Å². The molecule has 7 heteroatoms. The Balaban J connectivity index is 1.42. The van der Waals surface area contributed by atoms with Gasteiger partial charge < -0.3 is 14.4 Å². The number of methoxy groups -OCH3 is 1. The number of benzene rings is 2. The Labute approximate surface area is 193 Å². The summed E-state index contributed by atoms with van der Waals surface area (Å²) in [4.78, 5) is 17.8. The number of rotatable bonds is 4. The number of carbonyl (C=O) groups is 1. The van der Waals surface area contributed by atoms with Crippen LogP contribution in [0.4, 0.5) is 8.78 Å². The van der Waals surface area contributed by atoms with Crippen LogP contribution in [0.1, 0.15) is 35.6 Å². The van der Waals surface area contributed by atoms with Crippen molar-refractivity contribution in [1.82, 2.24) is 9.80 Å². The fourth-order valence-electron chi connectivity index (χ4n) is 5.58. The molecule has 3 aliphatic rings. The molecule has 0 bridgehead atoms. The van der Waals surface area contributed by atoms with Crippen molar-refractivity contribution in [2.45, 2.75) is 49.7 Å². The largest absolute Gasteiger partial charge is 0.377 e. The van der Waals surface area contributed by atoms with Crippen LogP contribution < -0.4 is 0 Å². The normalized spacial score (nSPS) is 30.3. The van der Waals surface area contributed by atoms with Crippen molar-refractivity contribution >= 4 is 5.91 Å². The number of alkyl halides is 1. The van der Waals surface area contributed by atoms with Crippen molar-refractivity contribution in [3.63, 3.8) is 0 Å². The van der Waals surface area contributed by atoms with E-state index < -0.39 is 12.3 Å². The van der Waals surface area contributed by atoms with Crippen LogP contribution in [0.5, 0.6) is 0 Å². The minimum atomic E-state index is -0.832. The Bertz CT molecular complexity index is 986. The van der Waals surface area contributed by atoms with Crippen molar-refractivity contribution in [2.24, 2.45) is 0 Å². The molecule has 0 radical (unpaired) electrons. The smallest absolute Gasteiger partial charge is 0.252 e. The number of fused-ring (bicyclic) bond motifs is 1. The van der Waals surface area contributed by atoms with E-state index in [4.69, 9.17) is 9.47 Å². The number of hydrogen-bond donors (Lipinski definition) is 0. The second kappa shape index (κ2) is 9.49. The number of nitrogens with zero attached hydrogens (tertiary/aromatic N) is 2. The van der Waals surface area contributed by atoms with Crippen LogP contribution in [0.3, 0.4) is 0 Å². The highest BCUT2D eigenvalue weighted by atomic mass is 19.1. The summed E-state index contributed by atoms with van der Waals surface area (Å²) in [5.41, 5.74) is 3.13. The minimum absolute atomic E-state index is 0.0557. The van der Waals surface area contributed by atoms with Crippen LogP contribution in [0, 0.1) is 5.82 Å². The molecule has 5 rings (SSSR count). The monoisotopic (exact) mass is 456 g/mol. The Morgan fingerprint density at radius 1 is 1.12 bits per heavy atom. The average Bonchev–Trinajstić information content (AvgIpc) is 3.29. The predicted molar refractivity (Wildman–Crippen MR) is 120 cm³/mol. The third-order valence-corrected chi connectivity index (χ3v) is 7.31. The fourth-order valence-corrected chi connectivity index (χ4v) is 5.58. The van der Waals surface area contributed by atoms with Gasteiger partial charge in [-0.15, -0.1) is 0 Å². The van der Waals surface area contributed by atoms with Crippen LogP contribution in [-0.2, 0) is 20.7 Å². The SMILES string of the molecule is CO[C@H]1CO[C@@H](C(=O)N2CCc3ccccc3[C@@H]2c2ccc(F)cc2)C[C@@H]1N1CC[C@H](F)C1. The number of halogens is 2. The zero-order chi connectivity index (χ0) is 22.9. The molecule has 2 aromatic rings. The molecular weight excluding hydrogens is 426 g/mol. The van der Waals surface area contributed by atoms with Crippen molar-refractivity contribution < 1.29 is 23.0 Å². The molecule has 5 atom stereocenters. The quantitative estimate of drug-likeness (QED) is 0.706. The van der Waals surface area contributed by atoms with E-state index in [1.807, 2.05) is 23.1 Å². The molecule has 5 nitrogen and oxygen atoms in total. The highest BCUT2D eigenvalue weighted by Gasteiger charge is 2.43. The molecule has 2 fully saturated rings. The van der Waals surface area contributed by atoms with Gasteiger partial charge in [0.2, 0.25) is 0 Å². The zero-order valence-corrected chi connectivity index (χ0v) is 18.8. The molecule has 0 aromatic heterocycles. The molecule has 3 aliphatic heterocycles. The van der Waals surface area contributed by atoms with Gasteiger partial charge in [-0.3, -0.25) is 9.69 Å². The van der Waals surface area contributed by atoms with Gasteiger partial charge in [-0.2, -0.15) is 0 Å². The highest BCUT2D eigenvalue weighted by molar-refractivity contribution is 5.82. The first-order valence-corrected chi connectivity index (χ1v) is 11.7. The Kier molecular flexibility index (Phi) is 6.45. The molecule has 2 aromatic carbocycles. The molecule has 33 heavy (non-hydrogen) atoms. The van der Waals surface area contributed by atoms with Crippen molar-refractivity contribution in [3.8, 4) is 0 Å². The molecule has 176 valence electrons. The summed E-state index contributed by atoms with van der Waals surface area (Å²) in [5.74, 6) is -0.379. The standard InChI is InChI=1S/C26H30F2N2O3/c1-32-24-16-33-23(14-22(24)29-12-11-20(28)15-29)26(31)30-13-10-17-4-2-3-5-21(17)25(30)18-6-8-19(27)9-7-18/h2-9,20,22-25H,10-16H2,1H3/t20-,22-,23+,24-,25-/m0/s1. The van der Waals surface area contributed by atoms with Crippen LogP contribution in [0.25, 0.3) is 0 Å². The van der Waals surface area contributed by atoms with Crippen LogP contribution in [-0.4, -0.2) is 73.5 Å². The van der Waals surface area contributed by atoms with E-state index in [0.717, 1.165) is 17.5 Å². The van der Waals surface area contributed by atoms with E-state index >= 15 is 0 Å². The summed E-state index contributed by atoms with van der Waals surface area (Å²) >= 11 is 0. The van der Waals surface area contributed by atoms with E-state index in [1.54, 1.807) is 19.2 Å². The molecule has 1 amide bonds. The molecular formula is C26H30F2N2O3. The maximum absolute atomic E-state index is 13.9. The van der Waals surface area contributed by atoms with Crippen LogP contribution in [0.2, 0.25) is 0 Å². The number of hydrogen-bond acceptors (Lipinski definition) is 4. The zero-order valence-electron chi connectivity index (χ0n) is 18.8. The average molecular weight is 457 g/mol. The third-order valence-electron chi connectivity index (χ3n) is 7.31. The summed E-state index contributed by atoms with van der Waals surface area (Å²) in [7, 11) is 1.64. The topological polar surface area (TPSA) is 42.0 Å². The Morgan fingerprint density at radius 3 is 2.64 bits per heavy atom. The number of amides is 1. The van der Waals surface area contributed by atoms with Crippen LogP contribution in [0.15, 0.2) is 48.5 Å². The van der Waals surface area contributed by atoms with E-state index in [-0.39, 0.29) is 29.9 Å².